The summed E-state index contributed by atoms with van der Waals surface area (Å²) in [7, 11) is 0. The first-order valence-corrected chi connectivity index (χ1v) is 8.29. The highest BCUT2D eigenvalue weighted by atomic mass is 16.6. The summed E-state index contributed by atoms with van der Waals surface area (Å²) in [6.07, 6.45) is 7.89. The molecule has 1 aliphatic carbocycles. The van der Waals surface area contributed by atoms with Crippen LogP contribution in [-0.4, -0.2) is 29.7 Å². The zero-order chi connectivity index (χ0) is 17.6. The van der Waals surface area contributed by atoms with Gasteiger partial charge in [0.25, 0.3) is 0 Å². The van der Waals surface area contributed by atoms with Crippen molar-refractivity contribution in [3.05, 3.63) is 30.2 Å². The van der Waals surface area contributed by atoms with E-state index in [4.69, 9.17) is 9.15 Å². The molecular formula is C18H26N2O4. The van der Waals surface area contributed by atoms with Crippen molar-refractivity contribution < 1.29 is 18.7 Å². The van der Waals surface area contributed by atoms with Gasteiger partial charge in [-0.05, 0) is 51.8 Å². The van der Waals surface area contributed by atoms with Crippen LogP contribution in [-0.2, 0) is 9.53 Å². The number of carbonyl (C=O) groups is 2. The molecule has 132 valence electrons. The first kappa shape index (κ1) is 18.1. The van der Waals surface area contributed by atoms with Gasteiger partial charge in [0.05, 0.1) is 11.8 Å². The molecule has 0 saturated heterocycles. The lowest BCUT2D eigenvalue weighted by atomic mass is 9.97. The number of furan rings is 1. The Balaban J connectivity index is 1.90. The van der Waals surface area contributed by atoms with Gasteiger partial charge in [0, 0.05) is 12.6 Å². The zero-order valence-corrected chi connectivity index (χ0v) is 14.6. The summed E-state index contributed by atoms with van der Waals surface area (Å²) < 4.78 is 10.4. The highest BCUT2D eigenvalue weighted by Gasteiger charge is 2.35. The normalized spacial score (nSPS) is 17.0. The molecule has 1 fully saturated rings. The van der Waals surface area contributed by atoms with E-state index >= 15 is 0 Å². The van der Waals surface area contributed by atoms with Gasteiger partial charge in [-0.15, -0.1) is 0 Å². The van der Waals surface area contributed by atoms with Gasteiger partial charge in [-0.3, -0.25) is 4.79 Å². The Morgan fingerprint density at radius 1 is 1.33 bits per heavy atom. The lowest BCUT2D eigenvalue weighted by molar-refractivity contribution is -0.118. The molecule has 0 bridgehead atoms. The van der Waals surface area contributed by atoms with Crippen LogP contribution in [0.15, 0.2) is 28.9 Å². The van der Waals surface area contributed by atoms with Gasteiger partial charge in [-0.1, -0.05) is 12.8 Å². The topological polar surface area (TPSA) is 80.6 Å². The van der Waals surface area contributed by atoms with Crippen LogP contribution in [0, 0.1) is 0 Å². The third-order valence-corrected chi connectivity index (χ3v) is 3.86. The van der Waals surface area contributed by atoms with Crippen LogP contribution in [0.1, 0.15) is 52.2 Å². The smallest absolute Gasteiger partial charge is 0.407 e. The van der Waals surface area contributed by atoms with E-state index in [0.29, 0.717) is 12.3 Å². The van der Waals surface area contributed by atoms with Gasteiger partial charge in [0.15, 0.2) is 0 Å². The number of alkyl carbamates (subject to hydrolysis) is 1. The second kappa shape index (κ2) is 7.55. The lowest BCUT2D eigenvalue weighted by Gasteiger charge is -2.30. The first-order chi connectivity index (χ1) is 11.3. The summed E-state index contributed by atoms with van der Waals surface area (Å²) >= 11 is 0. The van der Waals surface area contributed by atoms with E-state index < -0.39 is 17.2 Å². The molecule has 0 unspecified atom stereocenters. The number of hydrogen-bond acceptors (Lipinski definition) is 4. The van der Waals surface area contributed by atoms with Crippen molar-refractivity contribution in [2.75, 3.05) is 6.54 Å². The zero-order valence-electron chi connectivity index (χ0n) is 14.6. The largest absolute Gasteiger partial charge is 0.465 e. The fourth-order valence-corrected chi connectivity index (χ4v) is 2.80. The number of hydrogen-bond donors (Lipinski definition) is 2. The predicted molar refractivity (Wildman–Crippen MR) is 91.3 cm³/mol. The van der Waals surface area contributed by atoms with Crippen LogP contribution in [0.3, 0.4) is 0 Å². The summed E-state index contributed by atoms with van der Waals surface area (Å²) in [5.41, 5.74) is -0.955. The van der Waals surface area contributed by atoms with Gasteiger partial charge in [-0.2, -0.15) is 0 Å². The van der Waals surface area contributed by atoms with E-state index in [0.717, 1.165) is 25.7 Å². The van der Waals surface area contributed by atoms with Gasteiger partial charge in [0.2, 0.25) is 5.91 Å². The Kier molecular flexibility index (Phi) is 5.70. The number of rotatable bonds is 5. The van der Waals surface area contributed by atoms with Crippen molar-refractivity contribution in [1.29, 1.82) is 0 Å². The number of carbonyl (C=O) groups excluding carboxylic acids is 2. The maximum absolute atomic E-state index is 12.2. The molecule has 1 aromatic heterocycles. The second-order valence-corrected chi connectivity index (χ2v) is 7.18. The van der Waals surface area contributed by atoms with E-state index in [1.54, 1.807) is 24.5 Å². The summed E-state index contributed by atoms with van der Waals surface area (Å²) in [5, 5.41) is 5.81. The maximum atomic E-state index is 12.2. The second-order valence-electron chi connectivity index (χ2n) is 7.18. The molecule has 0 atom stereocenters. The molecule has 2 amide bonds. The van der Waals surface area contributed by atoms with Crippen LogP contribution in [0.4, 0.5) is 4.79 Å². The third kappa shape index (κ3) is 5.76. The molecule has 6 heteroatoms. The van der Waals surface area contributed by atoms with Gasteiger partial charge < -0.3 is 19.8 Å². The molecule has 0 aliphatic heterocycles. The fraction of sp³-hybridized carbons (Fsp3) is 0.556. The molecular weight excluding hydrogens is 308 g/mol. The Hall–Kier alpha value is -2.24. The molecule has 24 heavy (non-hydrogen) atoms. The first-order valence-electron chi connectivity index (χ1n) is 8.29. The van der Waals surface area contributed by atoms with Crippen molar-refractivity contribution in [2.45, 2.75) is 57.6 Å². The molecule has 2 N–H and O–H groups in total. The van der Waals surface area contributed by atoms with Crippen LogP contribution < -0.4 is 10.6 Å². The third-order valence-electron chi connectivity index (χ3n) is 3.86. The molecule has 0 spiro atoms. The molecule has 2 rings (SSSR count). The van der Waals surface area contributed by atoms with Gasteiger partial charge >= 0.3 is 6.09 Å². The summed E-state index contributed by atoms with van der Waals surface area (Å²) in [6, 6.07) is 3.54. The number of nitrogens with one attached hydrogen (secondary N) is 2. The van der Waals surface area contributed by atoms with E-state index in [9.17, 15) is 9.59 Å². The Bertz CT molecular complexity index is 579. The average molecular weight is 334 g/mol. The van der Waals surface area contributed by atoms with Crippen molar-refractivity contribution in [2.24, 2.45) is 0 Å². The highest BCUT2D eigenvalue weighted by molar-refractivity contribution is 5.92. The molecule has 0 radical (unpaired) electrons. The van der Waals surface area contributed by atoms with Crippen molar-refractivity contribution in [3.8, 4) is 0 Å². The van der Waals surface area contributed by atoms with E-state index in [2.05, 4.69) is 10.6 Å². The minimum absolute atomic E-state index is 0.195. The summed E-state index contributed by atoms with van der Waals surface area (Å²) in [4.78, 5) is 24.0. The van der Waals surface area contributed by atoms with Crippen molar-refractivity contribution in [3.63, 3.8) is 0 Å². The molecule has 0 aromatic carbocycles. The maximum Gasteiger partial charge on any atom is 0.407 e. The molecule has 6 nitrogen and oxygen atoms in total. The molecule has 1 heterocycles. The Morgan fingerprint density at radius 2 is 2.04 bits per heavy atom. The minimum Gasteiger partial charge on any atom is -0.465 e. The van der Waals surface area contributed by atoms with E-state index in [-0.39, 0.29) is 5.91 Å². The quantitative estimate of drug-likeness (QED) is 0.810. The minimum atomic E-state index is -0.540. The van der Waals surface area contributed by atoms with Crippen LogP contribution in [0.5, 0.6) is 0 Å². The molecule has 1 aliphatic rings. The van der Waals surface area contributed by atoms with Crippen LogP contribution in [0.2, 0.25) is 0 Å². The van der Waals surface area contributed by atoms with Crippen molar-refractivity contribution in [1.82, 2.24) is 10.6 Å². The lowest BCUT2D eigenvalue weighted by Crippen LogP contribution is -2.54. The Morgan fingerprint density at radius 3 is 2.62 bits per heavy atom. The van der Waals surface area contributed by atoms with Gasteiger partial charge in [0.1, 0.15) is 11.4 Å². The SMILES string of the molecule is CC(C)(C)OC(=O)NCC1(NC(=O)/C=C/c2ccco2)CCCC1. The number of ether oxygens (including phenoxy) is 1. The summed E-state index contributed by atoms with van der Waals surface area (Å²) in [6.45, 7) is 5.82. The predicted octanol–water partition coefficient (Wildman–Crippen LogP) is 3.25. The van der Waals surface area contributed by atoms with Crippen LogP contribution >= 0.6 is 0 Å². The number of amides is 2. The van der Waals surface area contributed by atoms with Crippen molar-refractivity contribution >= 4 is 18.1 Å². The van der Waals surface area contributed by atoms with E-state index in [1.165, 1.54) is 6.08 Å². The summed E-state index contributed by atoms with van der Waals surface area (Å²) in [5.74, 6) is 0.428. The molecule has 1 aromatic rings. The highest BCUT2D eigenvalue weighted by Crippen LogP contribution is 2.29. The fourth-order valence-electron chi connectivity index (χ4n) is 2.80. The van der Waals surface area contributed by atoms with E-state index in [1.807, 2.05) is 20.8 Å². The molecule has 1 saturated carbocycles. The van der Waals surface area contributed by atoms with Gasteiger partial charge in [-0.25, -0.2) is 4.79 Å². The standard InChI is InChI=1S/C18H26N2O4/c1-17(2,3)24-16(22)19-13-18(10-4-5-11-18)20-15(21)9-8-14-7-6-12-23-14/h6-9,12H,4-5,10-11,13H2,1-3H3,(H,19,22)(H,20,21)/b9-8+. The Labute approximate surface area is 142 Å². The monoisotopic (exact) mass is 334 g/mol. The average Bonchev–Trinajstić information content (AvgIpc) is 3.13. The van der Waals surface area contributed by atoms with Crippen LogP contribution in [0.25, 0.3) is 6.08 Å².